The van der Waals surface area contributed by atoms with Crippen LogP contribution < -0.4 is 5.32 Å². The second-order valence-electron chi connectivity index (χ2n) is 9.05. The molecule has 0 aromatic heterocycles. The fourth-order valence-corrected chi connectivity index (χ4v) is 6.69. The topological polar surface area (TPSA) is 96.0 Å². The zero-order chi connectivity index (χ0) is 24.8. The summed E-state index contributed by atoms with van der Waals surface area (Å²) in [6.07, 6.45) is 2.07. The van der Waals surface area contributed by atoms with Gasteiger partial charge in [-0.2, -0.15) is 4.31 Å². The van der Waals surface area contributed by atoms with Crippen LogP contribution in [0.4, 0.5) is 4.79 Å². The van der Waals surface area contributed by atoms with E-state index in [-0.39, 0.29) is 29.4 Å². The number of sulfonamides is 1. The van der Waals surface area contributed by atoms with E-state index in [1.165, 1.54) is 4.31 Å². The molecule has 2 saturated heterocycles. The number of ether oxygens (including phenoxy) is 1. The highest BCUT2D eigenvalue weighted by Crippen LogP contribution is 2.38. The second-order valence-corrected chi connectivity index (χ2v) is 10.9. The number of likely N-dealkylation sites (tertiary alicyclic amines) is 1. The maximum Gasteiger partial charge on any atom is 0.407 e. The van der Waals surface area contributed by atoms with Crippen molar-refractivity contribution in [3.05, 3.63) is 66.2 Å². The summed E-state index contributed by atoms with van der Waals surface area (Å²) in [5.74, 6) is -0.414. The predicted molar refractivity (Wildman–Crippen MR) is 132 cm³/mol. The van der Waals surface area contributed by atoms with Gasteiger partial charge in [-0.3, -0.25) is 4.79 Å². The largest absolute Gasteiger partial charge is 0.450 e. The number of carbonyl (C=O) groups is 2. The Balaban J connectivity index is 1.48. The highest BCUT2D eigenvalue weighted by molar-refractivity contribution is 7.89. The Morgan fingerprint density at radius 3 is 2.20 bits per heavy atom. The molecule has 2 aliphatic heterocycles. The molecule has 8 nitrogen and oxygen atoms in total. The summed E-state index contributed by atoms with van der Waals surface area (Å²) < 4.78 is 33.8. The molecule has 0 aliphatic carbocycles. The lowest BCUT2D eigenvalue weighted by atomic mass is 9.89. The van der Waals surface area contributed by atoms with Gasteiger partial charge in [0.1, 0.15) is 0 Å². The van der Waals surface area contributed by atoms with Crippen LogP contribution in [0.5, 0.6) is 0 Å². The molecule has 4 rings (SSSR count). The van der Waals surface area contributed by atoms with Crippen LogP contribution in [0.2, 0.25) is 0 Å². The Hall–Kier alpha value is -2.91. The van der Waals surface area contributed by atoms with Crippen molar-refractivity contribution in [2.45, 2.75) is 49.6 Å². The normalized spacial score (nSPS) is 21.9. The van der Waals surface area contributed by atoms with Crippen molar-refractivity contribution >= 4 is 22.0 Å². The molecule has 1 N–H and O–H groups in total. The fourth-order valence-electron chi connectivity index (χ4n) is 4.98. The minimum Gasteiger partial charge on any atom is -0.450 e. The Bertz CT molecular complexity index is 1100. The molecule has 35 heavy (non-hydrogen) atoms. The van der Waals surface area contributed by atoms with Gasteiger partial charge in [0.15, 0.2) is 0 Å². The van der Waals surface area contributed by atoms with Crippen LogP contribution in [0, 0.1) is 5.92 Å². The molecule has 0 bridgehead atoms. The van der Waals surface area contributed by atoms with Crippen molar-refractivity contribution in [3.8, 4) is 0 Å². The second kappa shape index (κ2) is 11.2. The Labute approximate surface area is 207 Å². The number of rotatable bonds is 6. The average Bonchev–Trinajstić information content (AvgIpc) is 2.89. The average molecular weight is 500 g/mol. The Morgan fingerprint density at radius 1 is 0.943 bits per heavy atom. The molecule has 2 unspecified atom stereocenters. The number of nitrogens with zero attached hydrogens (tertiary/aromatic N) is 2. The molecule has 2 fully saturated rings. The molecule has 2 atom stereocenters. The van der Waals surface area contributed by atoms with E-state index in [2.05, 4.69) is 5.32 Å². The number of hydrogen-bond acceptors (Lipinski definition) is 5. The van der Waals surface area contributed by atoms with Crippen molar-refractivity contribution in [3.63, 3.8) is 0 Å². The molecule has 2 amide bonds. The number of alkyl carbamates (subject to hydrolysis) is 1. The molecule has 0 saturated carbocycles. The van der Waals surface area contributed by atoms with Gasteiger partial charge in [-0.15, -0.1) is 0 Å². The molecule has 0 radical (unpaired) electrons. The molecular formula is C26H33N3O5S. The van der Waals surface area contributed by atoms with Crippen LogP contribution in [0.3, 0.4) is 0 Å². The van der Waals surface area contributed by atoms with E-state index in [1.807, 2.05) is 35.2 Å². The molecule has 188 valence electrons. The quantitative estimate of drug-likeness (QED) is 0.656. The summed E-state index contributed by atoms with van der Waals surface area (Å²) in [7, 11) is -3.78. The number of amides is 2. The van der Waals surface area contributed by atoms with E-state index in [1.54, 1.807) is 37.3 Å². The number of benzene rings is 2. The molecule has 0 spiro atoms. The fraction of sp³-hybridized carbons (Fsp3) is 0.462. The third-order valence-electron chi connectivity index (χ3n) is 6.82. The van der Waals surface area contributed by atoms with E-state index in [4.69, 9.17) is 4.74 Å². The van der Waals surface area contributed by atoms with Gasteiger partial charge in [-0.25, -0.2) is 13.2 Å². The SMILES string of the molecule is CCOC(=O)NC1CCN(C(=O)C2CCC(c3ccccc3)N(S(=O)(=O)c3ccccc3)C2)CC1. The first-order chi connectivity index (χ1) is 16.9. The summed E-state index contributed by atoms with van der Waals surface area (Å²) >= 11 is 0. The number of piperidine rings is 2. The van der Waals surface area contributed by atoms with Crippen LogP contribution >= 0.6 is 0 Å². The number of nitrogens with one attached hydrogen (secondary N) is 1. The van der Waals surface area contributed by atoms with E-state index in [9.17, 15) is 18.0 Å². The monoisotopic (exact) mass is 499 g/mol. The first-order valence-electron chi connectivity index (χ1n) is 12.2. The molecule has 2 aromatic rings. The summed E-state index contributed by atoms with van der Waals surface area (Å²) in [6, 6.07) is 17.7. The lowest BCUT2D eigenvalue weighted by Crippen LogP contribution is -2.51. The first-order valence-corrected chi connectivity index (χ1v) is 13.7. The van der Waals surface area contributed by atoms with E-state index in [0.29, 0.717) is 45.4 Å². The van der Waals surface area contributed by atoms with Crippen LogP contribution in [-0.4, -0.2) is 61.9 Å². The first kappa shape index (κ1) is 25.2. The van der Waals surface area contributed by atoms with Crippen molar-refractivity contribution in [2.24, 2.45) is 5.92 Å². The van der Waals surface area contributed by atoms with Gasteiger partial charge >= 0.3 is 6.09 Å². The van der Waals surface area contributed by atoms with Gasteiger partial charge in [-0.05, 0) is 50.3 Å². The third-order valence-corrected chi connectivity index (χ3v) is 8.71. The third kappa shape index (κ3) is 5.85. The van der Waals surface area contributed by atoms with Crippen molar-refractivity contribution in [1.82, 2.24) is 14.5 Å². The highest BCUT2D eigenvalue weighted by atomic mass is 32.2. The Kier molecular flexibility index (Phi) is 8.07. The van der Waals surface area contributed by atoms with E-state index >= 15 is 0 Å². The van der Waals surface area contributed by atoms with Crippen LogP contribution in [-0.2, 0) is 19.6 Å². The minimum absolute atomic E-state index is 0.0145. The summed E-state index contributed by atoms with van der Waals surface area (Å²) in [4.78, 5) is 27.2. The minimum atomic E-state index is -3.78. The van der Waals surface area contributed by atoms with E-state index in [0.717, 1.165) is 5.56 Å². The number of carbonyl (C=O) groups excluding carboxylic acids is 2. The maximum absolute atomic E-state index is 13.7. The molecule has 2 aliphatic rings. The van der Waals surface area contributed by atoms with Gasteiger partial charge < -0.3 is 15.0 Å². The van der Waals surface area contributed by atoms with Gasteiger partial charge in [0.2, 0.25) is 15.9 Å². The molecule has 2 heterocycles. The van der Waals surface area contributed by atoms with E-state index < -0.39 is 22.0 Å². The molecular weight excluding hydrogens is 466 g/mol. The van der Waals surface area contributed by atoms with Crippen LogP contribution in [0.1, 0.15) is 44.2 Å². The highest BCUT2D eigenvalue weighted by Gasteiger charge is 2.41. The van der Waals surface area contributed by atoms with Crippen molar-refractivity contribution < 1.29 is 22.7 Å². The van der Waals surface area contributed by atoms with Gasteiger partial charge in [-0.1, -0.05) is 48.5 Å². The lowest BCUT2D eigenvalue weighted by Gasteiger charge is -2.41. The standard InChI is InChI=1S/C26H33N3O5S/c1-2-34-26(31)27-22-15-17-28(18-16-22)25(30)21-13-14-24(20-9-5-3-6-10-20)29(19-21)35(32,33)23-11-7-4-8-12-23/h3-12,21-22,24H,2,13-19H2,1H3,(H,27,31). The number of hydrogen-bond donors (Lipinski definition) is 1. The Morgan fingerprint density at radius 2 is 1.57 bits per heavy atom. The summed E-state index contributed by atoms with van der Waals surface area (Å²) in [5.41, 5.74) is 0.934. The van der Waals surface area contributed by atoms with Gasteiger partial charge in [0, 0.05) is 25.7 Å². The van der Waals surface area contributed by atoms with Crippen molar-refractivity contribution in [2.75, 3.05) is 26.2 Å². The van der Waals surface area contributed by atoms with Gasteiger partial charge in [0.25, 0.3) is 0 Å². The summed E-state index contributed by atoms with van der Waals surface area (Å²) in [5, 5.41) is 2.84. The maximum atomic E-state index is 13.7. The zero-order valence-electron chi connectivity index (χ0n) is 20.0. The van der Waals surface area contributed by atoms with Gasteiger partial charge in [0.05, 0.1) is 23.5 Å². The lowest BCUT2D eigenvalue weighted by molar-refractivity contribution is -0.138. The molecule has 2 aromatic carbocycles. The molecule has 9 heteroatoms. The van der Waals surface area contributed by atoms with Crippen molar-refractivity contribution in [1.29, 1.82) is 0 Å². The summed E-state index contributed by atoms with van der Waals surface area (Å²) in [6.45, 7) is 3.28. The smallest absolute Gasteiger partial charge is 0.407 e. The zero-order valence-corrected chi connectivity index (χ0v) is 20.8. The predicted octanol–water partition coefficient (Wildman–Crippen LogP) is 3.57. The van der Waals surface area contributed by atoms with Crippen LogP contribution in [0.25, 0.3) is 0 Å². The van der Waals surface area contributed by atoms with Crippen LogP contribution in [0.15, 0.2) is 65.6 Å².